The van der Waals surface area contributed by atoms with Crippen LogP contribution in [-0.4, -0.2) is 35.7 Å². The Bertz CT molecular complexity index is 1160. The first kappa shape index (κ1) is 23.0. The van der Waals surface area contributed by atoms with Crippen LogP contribution in [0.5, 0.6) is 5.75 Å². The number of aromatic nitrogens is 2. The van der Waals surface area contributed by atoms with E-state index in [1.54, 1.807) is 6.20 Å². The Morgan fingerprint density at radius 2 is 2.00 bits per heavy atom. The van der Waals surface area contributed by atoms with E-state index in [4.69, 9.17) is 9.84 Å². The number of carbonyl (C=O) groups is 1. The largest absolute Gasteiger partial charge is 0.491 e. The summed E-state index contributed by atoms with van der Waals surface area (Å²) in [6.45, 7) is 3.73. The highest BCUT2D eigenvalue weighted by Crippen LogP contribution is 2.38. The van der Waals surface area contributed by atoms with Gasteiger partial charge in [0.15, 0.2) is 0 Å². The molecule has 174 valence electrons. The molecule has 1 heterocycles. The van der Waals surface area contributed by atoms with E-state index in [0.717, 1.165) is 34.6 Å². The number of carboxylic acid groups (broad SMARTS) is 1. The lowest BCUT2D eigenvalue weighted by molar-refractivity contribution is -0.137. The lowest BCUT2D eigenvalue weighted by atomic mass is 9.92. The van der Waals surface area contributed by atoms with E-state index in [1.807, 2.05) is 62.4 Å². The van der Waals surface area contributed by atoms with Gasteiger partial charge >= 0.3 is 5.97 Å². The van der Waals surface area contributed by atoms with Gasteiger partial charge in [-0.15, -0.1) is 0 Å². The summed E-state index contributed by atoms with van der Waals surface area (Å²) in [7, 11) is 0. The van der Waals surface area contributed by atoms with Crippen LogP contribution in [0.1, 0.15) is 44.0 Å². The minimum Gasteiger partial charge on any atom is -0.491 e. The fraction of sp³-hybridized carbons (Fsp3) is 0.333. The van der Waals surface area contributed by atoms with Gasteiger partial charge in [0.25, 0.3) is 11.3 Å². The van der Waals surface area contributed by atoms with E-state index in [9.17, 15) is 13.6 Å². The molecular formula is C24H27N3O5S. The maximum Gasteiger partial charge on any atom is 0.325 e. The molecule has 0 saturated heterocycles. The van der Waals surface area contributed by atoms with Crippen LogP contribution in [0.15, 0.2) is 54.7 Å². The zero-order chi connectivity index (χ0) is 23.5. The minimum atomic E-state index is -2.26. The summed E-state index contributed by atoms with van der Waals surface area (Å²) in [4.78, 5) is 11.2. The molecule has 0 radical (unpaired) electrons. The van der Waals surface area contributed by atoms with Gasteiger partial charge in [-0.2, -0.15) is 5.10 Å². The molecular weight excluding hydrogens is 442 g/mol. The molecule has 0 amide bonds. The summed E-state index contributed by atoms with van der Waals surface area (Å²) in [6, 6.07) is 15.0. The van der Waals surface area contributed by atoms with Gasteiger partial charge in [-0.3, -0.25) is 18.3 Å². The number of fused-ring (bicyclic) bond motifs is 1. The zero-order valence-electron chi connectivity index (χ0n) is 18.5. The number of nitrogens with zero attached hydrogens (tertiary/aromatic N) is 3. The number of hydrogen-bond acceptors (Lipinski definition) is 4. The van der Waals surface area contributed by atoms with Crippen molar-refractivity contribution in [2.75, 3.05) is 4.31 Å². The van der Waals surface area contributed by atoms with Gasteiger partial charge in [-0.05, 0) is 68.5 Å². The summed E-state index contributed by atoms with van der Waals surface area (Å²) in [5.74, 6) is -0.179. The van der Waals surface area contributed by atoms with Crippen molar-refractivity contribution in [3.05, 3.63) is 66.0 Å². The van der Waals surface area contributed by atoms with Gasteiger partial charge in [-0.1, -0.05) is 24.3 Å². The van der Waals surface area contributed by atoms with Crippen LogP contribution in [-0.2, 0) is 29.0 Å². The lowest BCUT2D eigenvalue weighted by Gasteiger charge is -2.33. The molecule has 33 heavy (non-hydrogen) atoms. The molecule has 3 aromatic rings. The van der Waals surface area contributed by atoms with Crippen LogP contribution < -0.4 is 9.04 Å². The Morgan fingerprint density at radius 3 is 2.67 bits per heavy atom. The Balaban J connectivity index is 1.62. The summed E-state index contributed by atoms with van der Waals surface area (Å²) in [5, 5.41) is 13.4. The van der Waals surface area contributed by atoms with Crippen molar-refractivity contribution in [1.29, 1.82) is 0 Å². The summed E-state index contributed by atoms with van der Waals surface area (Å²) >= 11 is -2.26. The first-order chi connectivity index (χ1) is 15.8. The number of ether oxygens (including phenoxy) is 1. The van der Waals surface area contributed by atoms with Crippen LogP contribution in [0.4, 0.5) is 5.69 Å². The molecule has 0 spiro atoms. The Labute approximate surface area is 195 Å². The maximum absolute atomic E-state index is 12.4. The van der Waals surface area contributed by atoms with Crippen LogP contribution in [0.25, 0.3) is 11.1 Å². The molecule has 2 unspecified atom stereocenters. The van der Waals surface area contributed by atoms with Crippen molar-refractivity contribution in [3.8, 4) is 16.9 Å². The Kier molecular flexibility index (Phi) is 6.80. The molecule has 1 aliphatic rings. The molecule has 0 bridgehead atoms. The van der Waals surface area contributed by atoms with Gasteiger partial charge in [0, 0.05) is 11.3 Å². The van der Waals surface area contributed by atoms with Gasteiger partial charge in [-0.25, -0.2) is 4.21 Å². The molecule has 2 N–H and O–H groups in total. The third-order valence-electron chi connectivity index (χ3n) is 5.63. The van der Waals surface area contributed by atoms with Crippen molar-refractivity contribution in [2.45, 2.75) is 51.8 Å². The second-order valence-electron chi connectivity index (χ2n) is 8.30. The molecule has 2 atom stereocenters. The SMILES string of the molecule is CC(C)Oc1cccc(-c2ccc(N(C3CCCc4c3cnn4CC(=O)O)S(=O)O)cc2)c1. The van der Waals surface area contributed by atoms with Crippen molar-refractivity contribution < 1.29 is 23.4 Å². The smallest absolute Gasteiger partial charge is 0.325 e. The third-order valence-corrected chi connectivity index (χ3v) is 6.43. The summed E-state index contributed by atoms with van der Waals surface area (Å²) < 4.78 is 31.3. The van der Waals surface area contributed by atoms with Crippen molar-refractivity contribution in [3.63, 3.8) is 0 Å². The first-order valence-corrected chi connectivity index (χ1v) is 11.9. The quantitative estimate of drug-likeness (QED) is 0.473. The molecule has 4 rings (SSSR count). The predicted molar refractivity (Wildman–Crippen MR) is 126 cm³/mol. The van der Waals surface area contributed by atoms with Crippen LogP contribution in [0, 0.1) is 0 Å². The number of rotatable bonds is 8. The maximum atomic E-state index is 12.4. The highest BCUT2D eigenvalue weighted by atomic mass is 32.2. The fourth-order valence-corrected chi connectivity index (χ4v) is 5.04. The molecule has 8 nitrogen and oxygen atoms in total. The average molecular weight is 470 g/mol. The Morgan fingerprint density at radius 1 is 1.24 bits per heavy atom. The molecule has 1 aromatic heterocycles. The van der Waals surface area contributed by atoms with Gasteiger partial charge in [0.2, 0.25) is 0 Å². The number of hydrogen-bond donors (Lipinski definition) is 2. The van der Waals surface area contributed by atoms with E-state index in [0.29, 0.717) is 18.5 Å². The van der Waals surface area contributed by atoms with E-state index in [1.165, 1.54) is 8.99 Å². The number of benzene rings is 2. The van der Waals surface area contributed by atoms with Crippen molar-refractivity contribution >= 4 is 22.9 Å². The summed E-state index contributed by atoms with van der Waals surface area (Å²) in [6.07, 6.45) is 3.84. The molecule has 1 aliphatic carbocycles. The zero-order valence-corrected chi connectivity index (χ0v) is 19.4. The van der Waals surface area contributed by atoms with E-state index >= 15 is 0 Å². The van der Waals surface area contributed by atoms with Gasteiger partial charge < -0.3 is 9.84 Å². The van der Waals surface area contributed by atoms with Crippen LogP contribution in [0.3, 0.4) is 0 Å². The van der Waals surface area contributed by atoms with E-state index in [2.05, 4.69) is 5.10 Å². The van der Waals surface area contributed by atoms with Gasteiger partial charge in [0.05, 0.1) is 24.0 Å². The average Bonchev–Trinajstić information content (AvgIpc) is 3.17. The molecule has 9 heteroatoms. The highest BCUT2D eigenvalue weighted by Gasteiger charge is 2.32. The fourth-order valence-electron chi connectivity index (χ4n) is 4.30. The number of anilines is 1. The molecule has 0 fully saturated rings. The highest BCUT2D eigenvalue weighted by molar-refractivity contribution is 7.80. The molecule has 0 aliphatic heterocycles. The standard InChI is InChI=1S/C24H27N3O5S/c1-16(2)32-20-6-3-5-18(13-20)17-9-11-19(12-10-17)27(33(30)31)23-8-4-7-22-21(23)14-25-26(22)15-24(28)29/h3,5-6,9-14,16,23H,4,7-8,15H2,1-2H3,(H,28,29)(H,30,31). The predicted octanol–water partition coefficient (Wildman–Crippen LogP) is 4.44. The van der Waals surface area contributed by atoms with Crippen LogP contribution >= 0.6 is 0 Å². The van der Waals surface area contributed by atoms with Crippen molar-refractivity contribution in [1.82, 2.24) is 9.78 Å². The first-order valence-electron chi connectivity index (χ1n) is 10.9. The van der Waals surface area contributed by atoms with Crippen LogP contribution in [0.2, 0.25) is 0 Å². The van der Waals surface area contributed by atoms with Gasteiger partial charge in [0.1, 0.15) is 12.3 Å². The Hall–Kier alpha value is -3.17. The number of carboxylic acids is 1. The number of aliphatic carboxylic acids is 1. The second kappa shape index (κ2) is 9.76. The lowest BCUT2D eigenvalue weighted by Crippen LogP contribution is -2.33. The van der Waals surface area contributed by atoms with Crippen molar-refractivity contribution in [2.24, 2.45) is 0 Å². The summed E-state index contributed by atoms with van der Waals surface area (Å²) in [5.41, 5.74) is 4.18. The molecule has 0 saturated carbocycles. The topological polar surface area (TPSA) is 105 Å². The minimum absolute atomic E-state index is 0.0796. The normalized spacial score (nSPS) is 16.3. The third kappa shape index (κ3) is 5.09. The molecule has 2 aromatic carbocycles. The second-order valence-corrected chi connectivity index (χ2v) is 9.16. The van der Waals surface area contributed by atoms with E-state index < -0.39 is 17.2 Å². The monoisotopic (exact) mass is 469 g/mol. The van der Waals surface area contributed by atoms with E-state index in [-0.39, 0.29) is 18.7 Å².